The molecule has 396 valence electrons. The van der Waals surface area contributed by atoms with Gasteiger partial charge in [-0.3, -0.25) is 0 Å². The molecule has 2 saturated carbocycles. The number of nitrogens with zero attached hydrogens (tertiary/aromatic N) is 4. The highest BCUT2D eigenvalue weighted by Gasteiger charge is 2.47. The topological polar surface area (TPSA) is 40.9 Å². The molecule has 2 fully saturated rings. The van der Waals surface area contributed by atoms with Gasteiger partial charge >= 0.3 is 0 Å². The van der Waals surface area contributed by atoms with Crippen LogP contribution in [-0.4, -0.2) is 76.9 Å². The first kappa shape index (κ1) is 53.2. The van der Waals surface area contributed by atoms with Crippen LogP contribution in [0.15, 0.2) is 170 Å². The monoisotopic (exact) mass is 1020 g/mol. The fraction of sp³-hybridized carbons (Fsp3) is 0.352. The van der Waals surface area contributed by atoms with E-state index in [0.29, 0.717) is 11.8 Å². The molecule has 6 nitrogen and oxygen atoms in total. The van der Waals surface area contributed by atoms with Gasteiger partial charge in [-0.15, -0.1) is 0 Å². The summed E-state index contributed by atoms with van der Waals surface area (Å²) >= 11 is 0. The minimum absolute atomic E-state index is 0.682. The number of nitrogens with one attached hydrogen (secondary N) is 2. The molecule has 77 heavy (non-hydrogen) atoms. The van der Waals surface area contributed by atoms with Crippen molar-refractivity contribution >= 4 is 56.5 Å². The summed E-state index contributed by atoms with van der Waals surface area (Å²) in [6.07, 6.45) is 13.4. The summed E-state index contributed by atoms with van der Waals surface area (Å²) in [6, 6.07) is 55.2. The number of anilines is 4. The van der Waals surface area contributed by atoms with Crippen molar-refractivity contribution in [3.63, 3.8) is 0 Å². The summed E-state index contributed by atoms with van der Waals surface area (Å²) in [4.78, 5) is 17.8. The van der Waals surface area contributed by atoms with Gasteiger partial charge in [-0.25, -0.2) is 9.98 Å². The molecule has 6 aromatic carbocycles. The Balaban J connectivity index is 0.882. The lowest BCUT2D eigenvalue weighted by atomic mass is 9.81. The number of fused-ring (bicyclic) bond motifs is 4. The third kappa shape index (κ3) is 11.0. The van der Waals surface area contributed by atoms with Gasteiger partial charge in [0.05, 0.1) is 11.1 Å². The standard InChI is InChI=1S/C71H82N6/c1-9-74(10-2)58-33-25-50(26-34-58)70(51-27-35-59(36-28-51)75(11-3)12-4)66-41-43-68(64-23-19-17-21-62(64)66)72-48-56-46-55-45-54(56)47-57(55)49-73-69-44-42-67(63-22-18-20-24-65(63)69)71(52-29-37-60(38-30-52)76(13-5)14-6)53-31-39-61(40-32-53)77(15-7)16-8/h17-44,54-57H,9-16,45-49H2,1-8H3/p+2. The molecule has 0 heterocycles. The van der Waals surface area contributed by atoms with Crippen LogP contribution in [0.4, 0.5) is 22.7 Å². The molecular formula is C71H84N6+2. The first-order chi connectivity index (χ1) is 37.8. The molecule has 2 bridgehead atoms. The van der Waals surface area contributed by atoms with Crippen LogP contribution in [0.2, 0.25) is 0 Å². The zero-order valence-corrected chi connectivity index (χ0v) is 47.5. The summed E-state index contributed by atoms with van der Waals surface area (Å²) in [5, 5.41) is 0. The van der Waals surface area contributed by atoms with Crippen molar-refractivity contribution in [3.05, 3.63) is 214 Å². The van der Waals surface area contributed by atoms with Gasteiger partial charge in [0.25, 0.3) is 0 Å². The molecule has 4 atom stereocenters. The summed E-state index contributed by atoms with van der Waals surface area (Å²) in [7, 11) is 0. The smallest absolute Gasteiger partial charge is 0.206 e. The van der Waals surface area contributed by atoms with Crippen LogP contribution in [0.25, 0.3) is 22.3 Å². The van der Waals surface area contributed by atoms with Crippen LogP contribution in [-0.2, 0) is 0 Å². The second-order valence-electron chi connectivity index (χ2n) is 21.5. The second-order valence-corrected chi connectivity index (χ2v) is 21.5. The fourth-order valence-corrected chi connectivity index (χ4v) is 13.5. The van der Waals surface area contributed by atoms with Crippen molar-refractivity contribution < 1.29 is 9.98 Å². The number of benzene rings is 6. The molecule has 4 aliphatic rings. The molecule has 0 amide bonds. The summed E-state index contributed by atoms with van der Waals surface area (Å²) in [5.41, 5.74) is 22.8. The van der Waals surface area contributed by atoms with Gasteiger partial charge in [-0.1, -0.05) is 84.9 Å². The summed E-state index contributed by atoms with van der Waals surface area (Å²) in [6.45, 7) is 27.9. The van der Waals surface area contributed by atoms with Gasteiger partial charge in [0.15, 0.2) is 0 Å². The second kappa shape index (κ2) is 24.4. The third-order valence-corrected chi connectivity index (χ3v) is 17.8. The van der Waals surface area contributed by atoms with Gasteiger partial charge in [-0.2, -0.15) is 0 Å². The van der Waals surface area contributed by atoms with Crippen LogP contribution < -0.4 is 29.6 Å². The number of rotatable bonds is 20. The van der Waals surface area contributed by atoms with Gasteiger partial charge in [0.2, 0.25) is 11.4 Å². The lowest BCUT2D eigenvalue weighted by molar-refractivity contribution is -0.473. The third-order valence-electron chi connectivity index (χ3n) is 17.8. The first-order valence-electron chi connectivity index (χ1n) is 29.5. The Morgan fingerprint density at radius 2 is 0.610 bits per heavy atom. The van der Waals surface area contributed by atoms with Crippen molar-refractivity contribution in [1.82, 2.24) is 0 Å². The zero-order valence-electron chi connectivity index (χ0n) is 47.5. The Hall–Kier alpha value is -7.18. The van der Waals surface area contributed by atoms with Crippen LogP contribution in [0.5, 0.6) is 0 Å². The predicted molar refractivity (Wildman–Crippen MR) is 331 cm³/mol. The maximum Gasteiger partial charge on any atom is 0.206 e. The highest BCUT2D eigenvalue weighted by molar-refractivity contribution is 6.18. The first-order valence-corrected chi connectivity index (χ1v) is 29.5. The average molecular weight is 1020 g/mol. The Morgan fingerprint density at radius 1 is 0.338 bits per heavy atom. The van der Waals surface area contributed by atoms with Crippen molar-refractivity contribution in [2.24, 2.45) is 23.7 Å². The maximum atomic E-state index is 4.04. The summed E-state index contributed by atoms with van der Waals surface area (Å²) in [5.74, 6) is 2.87. The molecule has 6 aromatic rings. The van der Waals surface area contributed by atoms with Crippen LogP contribution in [0, 0.1) is 23.7 Å². The molecule has 4 aliphatic carbocycles. The molecule has 6 heteroatoms. The average Bonchev–Trinajstić information content (AvgIpc) is 4.14. The van der Waals surface area contributed by atoms with Crippen molar-refractivity contribution in [1.29, 1.82) is 0 Å². The lowest BCUT2D eigenvalue weighted by Gasteiger charge is -2.24. The Kier molecular flexibility index (Phi) is 16.9. The Labute approximate surface area is 462 Å². The van der Waals surface area contributed by atoms with Crippen LogP contribution >= 0.6 is 0 Å². The lowest BCUT2D eigenvalue weighted by Crippen LogP contribution is -2.76. The fourth-order valence-electron chi connectivity index (χ4n) is 13.5. The minimum atomic E-state index is 0.682. The van der Waals surface area contributed by atoms with Crippen molar-refractivity contribution in [3.8, 4) is 0 Å². The van der Waals surface area contributed by atoms with E-state index in [1.807, 2.05) is 0 Å². The van der Waals surface area contributed by atoms with E-state index < -0.39 is 0 Å². The highest BCUT2D eigenvalue weighted by Crippen LogP contribution is 2.51. The van der Waals surface area contributed by atoms with E-state index in [2.05, 4.69) is 255 Å². The van der Waals surface area contributed by atoms with E-state index in [1.54, 1.807) is 0 Å². The van der Waals surface area contributed by atoms with Gasteiger partial charge in [0, 0.05) is 99.1 Å². The van der Waals surface area contributed by atoms with E-state index in [-0.39, 0.29) is 0 Å². The van der Waals surface area contributed by atoms with Gasteiger partial charge in [0.1, 0.15) is 13.1 Å². The molecular weight excluding hydrogens is 937 g/mol. The molecule has 0 aliphatic heterocycles. The highest BCUT2D eigenvalue weighted by atomic mass is 15.1. The van der Waals surface area contributed by atoms with Crippen molar-refractivity contribution in [2.45, 2.75) is 74.7 Å². The number of hydrogen-bond donors (Lipinski definition) is 2. The van der Waals surface area contributed by atoms with Gasteiger partial charge in [-0.05, 0) is 215 Å². The number of hydrogen-bond acceptors (Lipinski definition) is 4. The van der Waals surface area contributed by atoms with Gasteiger partial charge < -0.3 is 19.6 Å². The minimum Gasteiger partial charge on any atom is -0.372 e. The van der Waals surface area contributed by atoms with E-state index in [4.69, 9.17) is 0 Å². The Bertz CT molecular complexity index is 2820. The van der Waals surface area contributed by atoms with E-state index >= 15 is 0 Å². The predicted octanol–water partition coefficient (Wildman–Crippen LogP) is 12.2. The quantitative estimate of drug-likeness (QED) is 0.0800. The Morgan fingerprint density at radius 3 is 0.870 bits per heavy atom. The van der Waals surface area contributed by atoms with E-state index in [0.717, 1.165) is 77.3 Å². The largest absolute Gasteiger partial charge is 0.372 e. The normalized spacial score (nSPS) is 19.2. The van der Waals surface area contributed by atoms with E-state index in [1.165, 1.54) is 120 Å². The summed E-state index contributed by atoms with van der Waals surface area (Å²) < 4.78 is 0. The molecule has 4 unspecified atom stereocenters. The molecule has 2 N–H and O–H groups in total. The van der Waals surface area contributed by atoms with Crippen LogP contribution in [0.3, 0.4) is 0 Å². The molecule has 0 saturated heterocycles. The zero-order chi connectivity index (χ0) is 53.4. The molecule has 0 aromatic heterocycles. The van der Waals surface area contributed by atoms with Crippen LogP contribution in [0.1, 0.15) is 119 Å². The number of allylic oxidation sites excluding steroid dienone is 6. The van der Waals surface area contributed by atoms with E-state index in [9.17, 15) is 0 Å². The molecule has 0 radical (unpaired) electrons. The van der Waals surface area contributed by atoms with Crippen molar-refractivity contribution in [2.75, 3.05) is 85.0 Å². The molecule has 0 spiro atoms. The molecule has 10 rings (SSSR count). The SMILES string of the molecule is CCN(CC)c1ccc(C(=C2C=CC(=[NH+]CC3CC4CC3CC4C[NH+]=C3C=CC(=C(c4ccc(N(CC)CC)cc4)c4ccc(N(CC)CC)cc4)c4ccccc43)c3ccccc32)c2ccc(N(CC)CC)cc2)cc1. The maximum absolute atomic E-state index is 4.04.